The molecular formula is C12H16BrN3O2. The Labute approximate surface area is 114 Å². The predicted octanol–water partition coefficient (Wildman–Crippen LogP) is 2.47. The van der Waals surface area contributed by atoms with E-state index in [2.05, 4.69) is 26.4 Å². The summed E-state index contributed by atoms with van der Waals surface area (Å²) < 4.78 is 0.796. The molecule has 4 N–H and O–H groups in total. The lowest BCUT2D eigenvalue weighted by Crippen LogP contribution is -2.34. The molecule has 0 heterocycles. The van der Waals surface area contributed by atoms with Crippen LogP contribution in [0.3, 0.4) is 0 Å². The number of nitrogens with two attached hydrogens (primary N) is 1. The van der Waals surface area contributed by atoms with Crippen LogP contribution in [0.2, 0.25) is 0 Å². The maximum atomic E-state index is 12.0. The van der Waals surface area contributed by atoms with Crippen LogP contribution in [0.4, 0.5) is 5.69 Å². The summed E-state index contributed by atoms with van der Waals surface area (Å²) in [5.41, 5.74) is 7.22. The van der Waals surface area contributed by atoms with Crippen molar-refractivity contribution in [3.05, 3.63) is 28.2 Å². The number of hydrogen-bond donors (Lipinski definition) is 3. The molecule has 1 amide bonds. The number of benzene rings is 1. The van der Waals surface area contributed by atoms with E-state index in [9.17, 15) is 4.79 Å². The third-order valence-corrected chi connectivity index (χ3v) is 3.24. The second-order valence-electron chi connectivity index (χ2n) is 3.96. The summed E-state index contributed by atoms with van der Waals surface area (Å²) in [6.45, 7) is 3.76. The van der Waals surface area contributed by atoms with Crippen LogP contribution in [0.1, 0.15) is 18.9 Å². The van der Waals surface area contributed by atoms with Crippen LogP contribution in [-0.2, 0) is 4.79 Å². The Balaban J connectivity index is 2.86. The minimum absolute atomic E-state index is 0.0850. The van der Waals surface area contributed by atoms with Crippen molar-refractivity contribution in [2.75, 3.05) is 5.32 Å². The molecule has 1 unspecified atom stereocenters. The van der Waals surface area contributed by atoms with Crippen LogP contribution in [0, 0.1) is 12.8 Å². The van der Waals surface area contributed by atoms with E-state index < -0.39 is 5.92 Å². The molecular weight excluding hydrogens is 298 g/mol. The van der Waals surface area contributed by atoms with Crippen LogP contribution in [0.5, 0.6) is 0 Å². The summed E-state index contributed by atoms with van der Waals surface area (Å²) in [6, 6.07) is 5.60. The summed E-state index contributed by atoms with van der Waals surface area (Å²) in [5, 5.41) is 14.2. The second kappa shape index (κ2) is 6.39. The summed E-state index contributed by atoms with van der Waals surface area (Å²) >= 11 is 3.38. The molecule has 1 rings (SSSR count). The zero-order chi connectivity index (χ0) is 13.7. The Morgan fingerprint density at radius 2 is 2.28 bits per heavy atom. The van der Waals surface area contributed by atoms with E-state index in [0.717, 1.165) is 10.0 Å². The number of nitrogens with zero attached hydrogens (tertiary/aromatic N) is 1. The number of hydrogen-bond acceptors (Lipinski definition) is 3. The number of nitrogens with one attached hydrogen (secondary N) is 1. The highest BCUT2D eigenvalue weighted by molar-refractivity contribution is 9.10. The van der Waals surface area contributed by atoms with Gasteiger partial charge < -0.3 is 16.3 Å². The molecule has 0 aromatic heterocycles. The fourth-order valence-corrected chi connectivity index (χ4v) is 2.13. The topological polar surface area (TPSA) is 87.7 Å². The first kappa shape index (κ1) is 14.5. The van der Waals surface area contributed by atoms with Crippen LogP contribution in [0.15, 0.2) is 27.8 Å². The largest absolute Gasteiger partial charge is 0.409 e. The minimum Gasteiger partial charge on any atom is -0.409 e. The first-order valence-electron chi connectivity index (χ1n) is 5.54. The van der Waals surface area contributed by atoms with Gasteiger partial charge >= 0.3 is 0 Å². The summed E-state index contributed by atoms with van der Waals surface area (Å²) in [7, 11) is 0. The maximum Gasteiger partial charge on any atom is 0.235 e. The fourth-order valence-electron chi connectivity index (χ4n) is 1.54. The Hall–Kier alpha value is -1.56. The van der Waals surface area contributed by atoms with Gasteiger partial charge in [0.1, 0.15) is 0 Å². The lowest BCUT2D eigenvalue weighted by molar-refractivity contribution is -0.118. The third kappa shape index (κ3) is 3.46. The highest BCUT2D eigenvalue weighted by atomic mass is 79.9. The van der Waals surface area contributed by atoms with Gasteiger partial charge in [-0.1, -0.05) is 18.1 Å². The van der Waals surface area contributed by atoms with E-state index in [1.807, 2.05) is 19.1 Å². The molecule has 0 fully saturated rings. The quantitative estimate of drug-likeness (QED) is 0.345. The Bertz CT molecular complexity index is 474. The molecule has 0 spiro atoms. The molecule has 0 saturated heterocycles. The standard InChI is InChI=1S/C12H16BrN3O2/c1-3-8(11(14)16-18)12(17)15-10-5-4-7(2)6-9(10)13/h4-6,8,18H,3H2,1-2H3,(H2,14,16)(H,15,17). The van der Waals surface area contributed by atoms with Gasteiger partial charge in [0.05, 0.1) is 11.6 Å². The maximum absolute atomic E-state index is 12.0. The molecule has 18 heavy (non-hydrogen) atoms. The summed E-state index contributed by atoms with van der Waals surface area (Å²) in [6.07, 6.45) is 0.463. The lowest BCUT2D eigenvalue weighted by atomic mass is 10.0. The van der Waals surface area contributed by atoms with Crippen molar-refractivity contribution < 1.29 is 10.0 Å². The van der Waals surface area contributed by atoms with Crippen molar-refractivity contribution in [1.29, 1.82) is 0 Å². The molecule has 6 heteroatoms. The normalized spacial score (nSPS) is 13.2. The number of carbonyl (C=O) groups excluding carboxylic acids is 1. The van der Waals surface area contributed by atoms with Crippen molar-refractivity contribution in [3.63, 3.8) is 0 Å². The molecule has 98 valence electrons. The summed E-state index contributed by atoms with van der Waals surface area (Å²) in [4.78, 5) is 12.0. The van der Waals surface area contributed by atoms with Crippen molar-refractivity contribution in [3.8, 4) is 0 Å². The minimum atomic E-state index is -0.636. The number of oxime groups is 1. The van der Waals surface area contributed by atoms with Crippen LogP contribution < -0.4 is 11.1 Å². The van der Waals surface area contributed by atoms with Gasteiger partial charge in [-0.15, -0.1) is 0 Å². The van der Waals surface area contributed by atoms with Gasteiger partial charge in [-0.05, 0) is 47.0 Å². The Kier molecular flexibility index (Phi) is 5.15. The molecule has 0 bridgehead atoms. The molecule has 0 radical (unpaired) electrons. The predicted molar refractivity (Wildman–Crippen MR) is 74.7 cm³/mol. The fraction of sp³-hybridized carbons (Fsp3) is 0.333. The highest BCUT2D eigenvalue weighted by Crippen LogP contribution is 2.24. The number of rotatable bonds is 4. The Morgan fingerprint density at radius 3 is 2.78 bits per heavy atom. The van der Waals surface area contributed by atoms with E-state index in [0.29, 0.717) is 12.1 Å². The monoisotopic (exact) mass is 313 g/mol. The van der Waals surface area contributed by atoms with Gasteiger partial charge in [0.2, 0.25) is 5.91 Å². The van der Waals surface area contributed by atoms with Crippen molar-refractivity contribution in [2.45, 2.75) is 20.3 Å². The zero-order valence-electron chi connectivity index (χ0n) is 10.3. The molecule has 0 aliphatic rings. The molecule has 1 aromatic rings. The molecule has 5 nitrogen and oxygen atoms in total. The first-order chi connectivity index (χ1) is 8.49. The van der Waals surface area contributed by atoms with E-state index >= 15 is 0 Å². The van der Waals surface area contributed by atoms with Crippen LogP contribution >= 0.6 is 15.9 Å². The van der Waals surface area contributed by atoms with Crippen molar-refractivity contribution in [1.82, 2.24) is 0 Å². The third-order valence-electron chi connectivity index (χ3n) is 2.58. The highest BCUT2D eigenvalue weighted by Gasteiger charge is 2.21. The van der Waals surface area contributed by atoms with E-state index in [4.69, 9.17) is 10.9 Å². The number of anilines is 1. The van der Waals surface area contributed by atoms with Crippen molar-refractivity contribution >= 4 is 33.4 Å². The van der Waals surface area contributed by atoms with E-state index in [1.165, 1.54) is 0 Å². The average molecular weight is 314 g/mol. The number of halogens is 1. The van der Waals surface area contributed by atoms with Gasteiger partial charge in [-0.2, -0.15) is 0 Å². The number of aryl methyl sites for hydroxylation is 1. The molecule has 0 saturated carbocycles. The van der Waals surface area contributed by atoms with Crippen LogP contribution in [0.25, 0.3) is 0 Å². The van der Waals surface area contributed by atoms with Gasteiger partial charge in [0, 0.05) is 4.47 Å². The smallest absolute Gasteiger partial charge is 0.235 e. The average Bonchev–Trinajstić information content (AvgIpc) is 2.33. The zero-order valence-corrected chi connectivity index (χ0v) is 11.9. The van der Waals surface area contributed by atoms with E-state index in [1.54, 1.807) is 13.0 Å². The van der Waals surface area contributed by atoms with Crippen molar-refractivity contribution in [2.24, 2.45) is 16.8 Å². The summed E-state index contributed by atoms with van der Waals surface area (Å²) in [5.74, 6) is -1.02. The number of amidine groups is 1. The number of carbonyl (C=O) groups is 1. The van der Waals surface area contributed by atoms with Gasteiger partial charge in [-0.25, -0.2) is 0 Å². The Morgan fingerprint density at radius 1 is 1.61 bits per heavy atom. The van der Waals surface area contributed by atoms with Gasteiger partial charge in [0.15, 0.2) is 5.84 Å². The lowest BCUT2D eigenvalue weighted by Gasteiger charge is -2.14. The molecule has 0 aliphatic heterocycles. The SMILES string of the molecule is CCC(C(=O)Nc1ccc(C)cc1Br)/C(N)=N/O. The number of amides is 1. The second-order valence-corrected chi connectivity index (χ2v) is 4.81. The first-order valence-corrected chi connectivity index (χ1v) is 6.33. The van der Waals surface area contributed by atoms with Gasteiger partial charge in [0.25, 0.3) is 0 Å². The molecule has 1 aromatic carbocycles. The van der Waals surface area contributed by atoms with Gasteiger partial charge in [-0.3, -0.25) is 4.79 Å². The van der Waals surface area contributed by atoms with E-state index in [-0.39, 0.29) is 11.7 Å². The molecule has 0 aliphatic carbocycles. The molecule has 1 atom stereocenters. The van der Waals surface area contributed by atoms with Crippen LogP contribution in [-0.4, -0.2) is 17.0 Å².